The minimum absolute atomic E-state index is 0.527. The number of hydrogen-bond acceptors (Lipinski definition) is 2. The molecule has 108 valence electrons. The first-order valence-electron chi connectivity index (χ1n) is 6.93. The SMILES string of the molecule is CCCCN(CC)CCC(O)c1ccc(Cl)cc1Cl. The van der Waals surface area contributed by atoms with E-state index in [0.717, 1.165) is 25.2 Å². The number of aliphatic hydroxyl groups is 1. The number of unbranched alkanes of at least 4 members (excludes halogenated alkanes) is 1. The zero-order valence-electron chi connectivity index (χ0n) is 11.7. The second-order valence-corrected chi connectivity index (χ2v) is 5.60. The van der Waals surface area contributed by atoms with E-state index in [0.29, 0.717) is 16.5 Å². The van der Waals surface area contributed by atoms with E-state index in [4.69, 9.17) is 23.2 Å². The van der Waals surface area contributed by atoms with Crippen LogP contribution in [0.25, 0.3) is 0 Å². The lowest BCUT2D eigenvalue weighted by Crippen LogP contribution is -2.26. The normalized spacial score (nSPS) is 12.9. The van der Waals surface area contributed by atoms with Gasteiger partial charge in [-0.05, 0) is 43.6 Å². The lowest BCUT2D eigenvalue weighted by Gasteiger charge is -2.22. The Morgan fingerprint density at radius 3 is 2.53 bits per heavy atom. The van der Waals surface area contributed by atoms with Crippen LogP contribution in [-0.2, 0) is 0 Å². The summed E-state index contributed by atoms with van der Waals surface area (Å²) >= 11 is 12.0. The average Bonchev–Trinajstić information content (AvgIpc) is 2.38. The van der Waals surface area contributed by atoms with Crippen LogP contribution in [0.3, 0.4) is 0 Å². The molecule has 0 radical (unpaired) electrons. The number of hydrogen-bond donors (Lipinski definition) is 1. The summed E-state index contributed by atoms with van der Waals surface area (Å²) in [6.45, 7) is 7.33. The molecule has 1 atom stereocenters. The Balaban J connectivity index is 2.51. The topological polar surface area (TPSA) is 23.5 Å². The van der Waals surface area contributed by atoms with E-state index in [1.165, 1.54) is 12.8 Å². The van der Waals surface area contributed by atoms with Gasteiger partial charge in [0.25, 0.3) is 0 Å². The molecular formula is C15H23Cl2NO. The molecule has 1 rings (SSSR count). The van der Waals surface area contributed by atoms with Crippen molar-refractivity contribution in [3.63, 3.8) is 0 Å². The van der Waals surface area contributed by atoms with Crippen LogP contribution in [0, 0.1) is 0 Å². The lowest BCUT2D eigenvalue weighted by molar-refractivity contribution is 0.143. The van der Waals surface area contributed by atoms with Gasteiger partial charge in [-0.1, -0.05) is 49.5 Å². The highest BCUT2D eigenvalue weighted by Gasteiger charge is 2.13. The molecule has 0 saturated heterocycles. The van der Waals surface area contributed by atoms with Crippen molar-refractivity contribution in [2.75, 3.05) is 19.6 Å². The first-order valence-corrected chi connectivity index (χ1v) is 7.69. The summed E-state index contributed by atoms with van der Waals surface area (Å²) in [6.07, 6.45) is 2.56. The van der Waals surface area contributed by atoms with Gasteiger partial charge in [-0.15, -0.1) is 0 Å². The molecule has 19 heavy (non-hydrogen) atoms. The maximum absolute atomic E-state index is 10.2. The van der Waals surface area contributed by atoms with Crippen molar-refractivity contribution in [1.29, 1.82) is 0 Å². The molecule has 0 aliphatic carbocycles. The second kappa shape index (κ2) is 8.80. The number of benzene rings is 1. The van der Waals surface area contributed by atoms with E-state index in [9.17, 15) is 5.11 Å². The summed E-state index contributed by atoms with van der Waals surface area (Å²) in [6, 6.07) is 5.24. The third-order valence-electron chi connectivity index (χ3n) is 3.32. The number of halogens is 2. The van der Waals surface area contributed by atoms with E-state index in [1.54, 1.807) is 18.2 Å². The van der Waals surface area contributed by atoms with Gasteiger partial charge in [0.05, 0.1) is 6.10 Å². The molecule has 1 N–H and O–H groups in total. The second-order valence-electron chi connectivity index (χ2n) is 4.76. The van der Waals surface area contributed by atoms with Crippen LogP contribution in [0.5, 0.6) is 0 Å². The van der Waals surface area contributed by atoms with Crippen molar-refractivity contribution in [1.82, 2.24) is 4.90 Å². The fraction of sp³-hybridized carbons (Fsp3) is 0.600. The highest BCUT2D eigenvalue weighted by molar-refractivity contribution is 6.35. The van der Waals surface area contributed by atoms with Gasteiger partial charge >= 0.3 is 0 Å². The molecule has 0 aromatic heterocycles. The van der Waals surface area contributed by atoms with Crippen molar-refractivity contribution in [3.8, 4) is 0 Å². The predicted octanol–water partition coefficient (Wildman–Crippen LogP) is 4.54. The Morgan fingerprint density at radius 2 is 1.95 bits per heavy atom. The zero-order chi connectivity index (χ0) is 14.3. The Labute approximate surface area is 126 Å². The van der Waals surface area contributed by atoms with E-state index < -0.39 is 6.10 Å². The molecule has 1 aromatic carbocycles. The van der Waals surface area contributed by atoms with Crippen molar-refractivity contribution >= 4 is 23.2 Å². The van der Waals surface area contributed by atoms with Crippen LogP contribution in [0.15, 0.2) is 18.2 Å². The lowest BCUT2D eigenvalue weighted by atomic mass is 10.1. The zero-order valence-corrected chi connectivity index (χ0v) is 13.2. The molecule has 0 saturated carbocycles. The number of aliphatic hydroxyl groups excluding tert-OH is 1. The fourth-order valence-electron chi connectivity index (χ4n) is 2.04. The minimum atomic E-state index is -0.527. The van der Waals surface area contributed by atoms with Crippen molar-refractivity contribution in [2.45, 2.75) is 39.2 Å². The Kier molecular flexibility index (Phi) is 7.77. The maximum Gasteiger partial charge on any atom is 0.0816 e. The molecule has 1 unspecified atom stereocenters. The average molecular weight is 304 g/mol. The van der Waals surface area contributed by atoms with Crippen molar-refractivity contribution in [3.05, 3.63) is 33.8 Å². The van der Waals surface area contributed by atoms with Crippen LogP contribution in [0.2, 0.25) is 10.0 Å². The molecule has 4 heteroatoms. The monoisotopic (exact) mass is 303 g/mol. The molecule has 2 nitrogen and oxygen atoms in total. The van der Waals surface area contributed by atoms with Gasteiger partial charge in [0.1, 0.15) is 0 Å². The van der Waals surface area contributed by atoms with Crippen LogP contribution in [-0.4, -0.2) is 29.6 Å². The highest BCUT2D eigenvalue weighted by atomic mass is 35.5. The molecule has 0 aliphatic heterocycles. The van der Waals surface area contributed by atoms with Crippen LogP contribution in [0.1, 0.15) is 44.8 Å². The molecule has 0 bridgehead atoms. The summed E-state index contributed by atoms with van der Waals surface area (Å²) in [4.78, 5) is 2.36. The fourth-order valence-corrected chi connectivity index (χ4v) is 2.58. The molecule has 0 aliphatic rings. The summed E-state index contributed by atoms with van der Waals surface area (Å²) in [5.41, 5.74) is 0.762. The first-order chi connectivity index (χ1) is 9.08. The van der Waals surface area contributed by atoms with Crippen molar-refractivity contribution in [2.24, 2.45) is 0 Å². The summed E-state index contributed by atoms with van der Waals surface area (Å²) in [5.74, 6) is 0. The van der Waals surface area contributed by atoms with Crippen molar-refractivity contribution < 1.29 is 5.11 Å². The van der Waals surface area contributed by atoms with Gasteiger partial charge in [-0.2, -0.15) is 0 Å². The van der Waals surface area contributed by atoms with E-state index in [1.807, 2.05) is 0 Å². The van der Waals surface area contributed by atoms with E-state index in [-0.39, 0.29) is 0 Å². The van der Waals surface area contributed by atoms with Crippen LogP contribution >= 0.6 is 23.2 Å². The number of rotatable bonds is 8. The van der Waals surface area contributed by atoms with Gasteiger partial charge in [0.2, 0.25) is 0 Å². The Morgan fingerprint density at radius 1 is 1.21 bits per heavy atom. The van der Waals surface area contributed by atoms with Crippen LogP contribution in [0.4, 0.5) is 0 Å². The highest BCUT2D eigenvalue weighted by Crippen LogP contribution is 2.28. The standard InChI is InChI=1S/C15H23Cl2NO/c1-3-5-9-18(4-2)10-8-15(19)13-7-6-12(16)11-14(13)17/h6-7,11,15,19H,3-5,8-10H2,1-2H3. The third-order valence-corrected chi connectivity index (χ3v) is 3.88. The Bertz CT molecular complexity index is 384. The van der Waals surface area contributed by atoms with Gasteiger partial charge in [-0.3, -0.25) is 0 Å². The quantitative estimate of drug-likeness (QED) is 0.762. The van der Waals surface area contributed by atoms with E-state index in [2.05, 4.69) is 18.7 Å². The Hall–Kier alpha value is -0.280. The molecule has 1 aromatic rings. The smallest absolute Gasteiger partial charge is 0.0816 e. The third kappa shape index (κ3) is 5.70. The van der Waals surface area contributed by atoms with Crippen LogP contribution < -0.4 is 0 Å². The van der Waals surface area contributed by atoms with Gasteiger partial charge in [0, 0.05) is 16.6 Å². The maximum atomic E-state index is 10.2. The number of nitrogens with zero attached hydrogens (tertiary/aromatic N) is 1. The van der Waals surface area contributed by atoms with E-state index >= 15 is 0 Å². The molecular weight excluding hydrogens is 281 g/mol. The largest absolute Gasteiger partial charge is 0.388 e. The van der Waals surface area contributed by atoms with Gasteiger partial charge < -0.3 is 10.0 Å². The molecule has 0 spiro atoms. The summed E-state index contributed by atoms with van der Waals surface area (Å²) in [7, 11) is 0. The first kappa shape index (κ1) is 16.8. The van der Waals surface area contributed by atoms with Gasteiger partial charge in [0.15, 0.2) is 0 Å². The molecule has 0 heterocycles. The summed E-state index contributed by atoms with van der Waals surface area (Å²) in [5, 5.41) is 11.3. The predicted molar refractivity (Wildman–Crippen MR) is 83.1 cm³/mol. The summed E-state index contributed by atoms with van der Waals surface area (Å²) < 4.78 is 0. The molecule has 0 fully saturated rings. The minimum Gasteiger partial charge on any atom is -0.388 e. The van der Waals surface area contributed by atoms with Gasteiger partial charge in [-0.25, -0.2) is 0 Å². The molecule has 0 amide bonds.